The Kier molecular flexibility index (Phi) is 1.99. The summed E-state index contributed by atoms with van der Waals surface area (Å²) in [4.78, 5) is 12.3. The van der Waals surface area contributed by atoms with Crippen molar-refractivity contribution in [3.8, 4) is 0 Å². The summed E-state index contributed by atoms with van der Waals surface area (Å²) < 4.78 is 8.46. The molecule has 8 heteroatoms. The molecule has 0 aliphatic carbocycles. The average molecular weight is 264 g/mol. The number of aliphatic hydroxyl groups is 2. The highest BCUT2D eigenvalue weighted by atomic mass is 16.6. The standard InChI is InChI=1S/C11H12N4O4/c1-4-2-5-9-14(13-12-5)3-6-7(16)8(17)11(19-6)15(9)10(4)18/h2,6-8,11,16-17H,3H2,1H3/t6-,7?,8?,11+/m1/s1. The number of fused-ring (bicyclic) bond motifs is 3. The van der Waals surface area contributed by atoms with E-state index in [1.807, 2.05) is 0 Å². The SMILES string of the molecule is Cc1cc2nnn3c2n(c1=O)[C@H]1O[C@H](C3)C(O)C1O. The fourth-order valence-electron chi connectivity index (χ4n) is 2.84. The molecule has 1 saturated heterocycles. The number of aryl methyl sites for hydroxylation is 1. The molecule has 4 heterocycles. The van der Waals surface area contributed by atoms with Gasteiger partial charge in [0.1, 0.15) is 23.8 Å². The van der Waals surface area contributed by atoms with Gasteiger partial charge in [0, 0.05) is 5.56 Å². The van der Waals surface area contributed by atoms with E-state index >= 15 is 0 Å². The predicted molar refractivity (Wildman–Crippen MR) is 62.4 cm³/mol. The first-order valence-electron chi connectivity index (χ1n) is 6.05. The summed E-state index contributed by atoms with van der Waals surface area (Å²) in [6.07, 6.45) is -3.65. The second kappa shape index (κ2) is 3.41. The van der Waals surface area contributed by atoms with E-state index in [1.54, 1.807) is 13.0 Å². The van der Waals surface area contributed by atoms with Crippen LogP contribution in [0.3, 0.4) is 0 Å². The highest BCUT2D eigenvalue weighted by Crippen LogP contribution is 2.34. The van der Waals surface area contributed by atoms with Gasteiger partial charge in [-0.05, 0) is 13.0 Å². The van der Waals surface area contributed by atoms with Gasteiger partial charge in [-0.25, -0.2) is 4.68 Å². The van der Waals surface area contributed by atoms with Crippen molar-refractivity contribution in [1.82, 2.24) is 19.6 Å². The van der Waals surface area contributed by atoms with Crippen molar-refractivity contribution in [3.05, 3.63) is 22.0 Å². The van der Waals surface area contributed by atoms with Crippen LogP contribution >= 0.6 is 0 Å². The number of rotatable bonds is 0. The second-order valence-corrected chi connectivity index (χ2v) is 5.03. The van der Waals surface area contributed by atoms with Crippen LogP contribution in [0.1, 0.15) is 11.8 Å². The molecule has 2 aliphatic heterocycles. The summed E-state index contributed by atoms with van der Waals surface area (Å²) >= 11 is 0. The van der Waals surface area contributed by atoms with Crippen LogP contribution in [-0.4, -0.2) is 48.1 Å². The number of ether oxygens (including phenoxy) is 1. The number of aromatic nitrogens is 4. The largest absolute Gasteiger partial charge is 0.387 e. The lowest BCUT2D eigenvalue weighted by molar-refractivity contribution is -0.0352. The van der Waals surface area contributed by atoms with E-state index in [2.05, 4.69) is 10.3 Å². The number of pyridine rings is 1. The van der Waals surface area contributed by atoms with Crippen molar-refractivity contribution in [2.24, 2.45) is 0 Å². The zero-order valence-corrected chi connectivity index (χ0v) is 10.1. The summed E-state index contributed by atoms with van der Waals surface area (Å²) in [5, 5.41) is 28.0. The Labute approximate surface area is 106 Å². The van der Waals surface area contributed by atoms with E-state index in [-0.39, 0.29) is 12.1 Å². The van der Waals surface area contributed by atoms with Crippen LogP contribution in [-0.2, 0) is 11.3 Å². The molecule has 0 spiro atoms. The van der Waals surface area contributed by atoms with Gasteiger partial charge < -0.3 is 14.9 Å². The van der Waals surface area contributed by atoms with Crippen molar-refractivity contribution >= 4 is 11.2 Å². The molecule has 0 saturated carbocycles. The van der Waals surface area contributed by atoms with E-state index < -0.39 is 24.5 Å². The van der Waals surface area contributed by atoms with Crippen LogP contribution in [0.15, 0.2) is 10.9 Å². The molecule has 1 fully saturated rings. The number of nitrogens with zero attached hydrogens (tertiary/aromatic N) is 4. The minimum atomic E-state index is -1.13. The van der Waals surface area contributed by atoms with Crippen LogP contribution in [0.5, 0.6) is 0 Å². The first kappa shape index (κ1) is 11.1. The van der Waals surface area contributed by atoms with Crippen molar-refractivity contribution in [3.63, 3.8) is 0 Å². The number of aliphatic hydroxyl groups excluding tert-OH is 2. The molecule has 4 atom stereocenters. The molecule has 0 aromatic carbocycles. The molecule has 0 radical (unpaired) electrons. The van der Waals surface area contributed by atoms with Crippen LogP contribution in [0, 0.1) is 6.92 Å². The zero-order chi connectivity index (χ0) is 13.3. The number of hydrogen-bond acceptors (Lipinski definition) is 6. The molecular formula is C11H12N4O4. The summed E-state index contributed by atoms with van der Waals surface area (Å²) in [5.74, 6) is 0. The lowest BCUT2D eigenvalue weighted by Gasteiger charge is -2.20. The Morgan fingerprint density at radius 1 is 1.42 bits per heavy atom. The lowest BCUT2D eigenvalue weighted by atomic mass is 10.1. The third kappa shape index (κ3) is 1.25. The first-order valence-corrected chi connectivity index (χ1v) is 6.05. The van der Waals surface area contributed by atoms with E-state index in [4.69, 9.17) is 4.74 Å². The van der Waals surface area contributed by atoms with Gasteiger partial charge in [0.25, 0.3) is 5.56 Å². The van der Waals surface area contributed by atoms with Crippen LogP contribution < -0.4 is 5.56 Å². The smallest absolute Gasteiger partial charge is 0.257 e. The Balaban J connectivity index is 2.12. The van der Waals surface area contributed by atoms with Crippen molar-refractivity contribution in [1.29, 1.82) is 0 Å². The maximum Gasteiger partial charge on any atom is 0.257 e. The van der Waals surface area contributed by atoms with Gasteiger partial charge in [-0.3, -0.25) is 9.36 Å². The van der Waals surface area contributed by atoms with Crippen LogP contribution in [0.2, 0.25) is 0 Å². The first-order chi connectivity index (χ1) is 9.08. The Morgan fingerprint density at radius 3 is 3.00 bits per heavy atom. The Hall–Kier alpha value is -1.77. The highest BCUT2D eigenvalue weighted by Gasteiger charge is 2.47. The molecule has 2 aromatic heterocycles. The molecule has 2 unspecified atom stereocenters. The fraction of sp³-hybridized carbons (Fsp3) is 0.545. The predicted octanol–water partition coefficient (Wildman–Crippen LogP) is -1.47. The maximum absolute atomic E-state index is 12.3. The molecule has 0 amide bonds. The lowest BCUT2D eigenvalue weighted by Crippen LogP contribution is -2.38. The molecule has 2 N–H and O–H groups in total. The fourth-order valence-corrected chi connectivity index (χ4v) is 2.84. The normalized spacial score (nSPS) is 32.8. The molecule has 2 aliphatic rings. The summed E-state index contributed by atoms with van der Waals surface area (Å²) in [7, 11) is 0. The minimum Gasteiger partial charge on any atom is -0.387 e. The topological polar surface area (TPSA) is 102 Å². The molecule has 8 nitrogen and oxygen atoms in total. The van der Waals surface area contributed by atoms with E-state index in [0.29, 0.717) is 16.7 Å². The quantitative estimate of drug-likeness (QED) is 0.602. The average Bonchev–Trinajstić information content (AvgIpc) is 2.82. The minimum absolute atomic E-state index is 0.258. The van der Waals surface area contributed by atoms with E-state index in [9.17, 15) is 15.0 Å². The molecule has 2 aromatic rings. The summed E-state index contributed by atoms with van der Waals surface area (Å²) in [6.45, 7) is 1.93. The molecule has 2 bridgehead atoms. The van der Waals surface area contributed by atoms with E-state index in [1.165, 1.54) is 9.25 Å². The van der Waals surface area contributed by atoms with Crippen LogP contribution in [0.4, 0.5) is 0 Å². The van der Waals surface area contributed by atoms with Crippen LogP contribution in [0.25, 0.3) is 11.2 Å². The maximum atomic E-state index is 12.3. The van der Waals surface area contributed by atoms with Gasteiger partial charge in [-0.15, -0.1) is 5.10 Å². The van der Waals surface area contributed by atoms with Gasteiger partial charge in [0.05, 0.1) is 6.54 Å². The molecular weight excluding hydrogens is 252 g/mol. The van der Waals surface area contributed by atoms with Crippen molar-refractivity contribution in [2.75, 3.05) is 0 Å². The van der Waals surface area contributed by atoms with Gasteiger partial charge in [0.2, 0.25) is 0 Å². The van der Waals surface area contributed by atoms with Crippen molar-refractivity contribution < 1.29 is 14.9 Å². The zero-order valence-electron chi connectivity index (χ0n) is 10.1. The van der Waals surface area contributed by atoms with Gasteiger partial charge in [-0.1, -0.05) is 5.21 Å². The highest BCUT2D eigenvalue weighted by molar-refractivity contribution is 5.71. The Morgan fingerprint density at radius 2 is 2.21 bits per heavy atom. The molecule has 4 rings (SSSR count). The summed E-state index contributed by atoms with van der Waals surface area (Å²) in [6, 6.07) is 1.67. The van der Waals surface area contributed by atoms with Gasteiger partial charge in [-0.2, -0.15) is 0 Å². The third-order valence-corrected chi connectivity index (χ3v) is 3.82. The third-order valence-electron chi connectivity index (χ3n) is 3.82. The monoisotopic (exact) mass is 264 g/mol. The van der Waals surface area contributed by atoms with Crippen molar-refractivity contribution in [2.45, 2.75) is 38.0 Å². The Bertz CT molecular complexity index is 736. The number of hydrogen-bond donors (Lipinski definition) is 2. The second-order valence-electron chi connectivity index (χ2n) is 5.03. The van der Waals surface area contributed by atoms with Gasteiger partial charge >= 0.3 is 0 Å². The molecule has 19 heavy (non-hydrogen) atoms. The van der Waals surface area contributed by atoms with Gasteiger partial charge in [0.15, 0.2) is 11.9 Å². The van der Waals surface area contributed by atoms with E-state index in [0.717, 1.165) is 0 Å². The summed E-state index contributed by atoms with van der Waals surface area (Å²) in [5.41, 5.74) is 1.33. The molecule has 100 valence electrons.